The largest absolute Gasteiger partial charge is 0.508 e. The number of carbonyl (C=O) groups excluding carboxylic acids is 1. The van der Waals surface area contributed by atoms with E-state index in [-0.39, 0.29) is 29.0 Å². The molecule has 0 aliphatic heterocycles. The summed E-state index contributed by atoms with van der Waals surface area (Å²) < 4.78 is 23.0. The number of hydrogen-bond donors (Lipinski definition) is 3. The van der Waals surface area contributed by atoms with Crippen LogP contribution >= 0.6 is 0 Å². The normalized spacial score (nSPS) is 12.6. The van der Waals surface area contributed by atoms with E-state index < -0.39 is 10.0 Å². The number of amides is 1. The summed E-state index contributed by atoms with van der Waals surface area (Å²) in [7, 11) is -3.80. The molecule has 4 N–H and O–H groups in total. The van der Waals surface area contributed by atoms with Crippen molar-refractivity contribution in [1.29, 1.82) is 0 Å². The number of aromatic hydroxyl groups is 1. The standard InChI is InChI=1S/C18H22N2O4S/c1-3-16(13-5-4-6-15(10-13)25(19,23)24)20-18(22)11-14-9-12(2)7-8-17(14)21/h4-10,16,21H,3,11H2,1-2H3,(H,20,22)(H2,19,23,24). The number of nitrogens with two attached hydrogens (primary N) is 1. The highest BCUT2D eigenvalue weighted by molar-refractivity contribution is 7.89. The van der Waals surface area contributed by atoms with Crippen molar-refractivity contribution in [2.24, 2.45) is 5.14 Å². The van der Waals surface area contributed by atoms with Crippen LogP contribution in [0.2, 0.25) is 0 Å². The molecule has 0 radical (unpaired) electrons. The van der Waals surface area contributed by atoms with Gasteiger partial charge < -0.3 is 10.4 Å². The van der Waals surface area contributed by atoms with E-state index in [0.717, 1.165) is 5.56 Å². The number of aryl methyl sites for hydroxylation is 1. The maximum atomic E-state index is 12.3. The fourth-order valence-electron chi connectivity index (χ4n) is 2.60. The van der Waals surface area contributed by atoms with E-state index in [0.29, 0.717) is 17.5 Å². The second kappa shape index (κ2) is 7.67. The van der Waals surface area contributed by atoms with Gasteiger partial charge in [-0.3, -0.25) is 4.79 Å². The van der Waals surface area contributed by atoms with Crippen LogP contribution in [0.15, 0.2) is 47.4 Å². The molecule has 0 aromatic heterocycles. The Balaban J connectivity index is 2.16. The molecular formula is C18H22N2O4S. The van der Waals surface area contributed by atoms with Gasteiger partial charge in [0.2, 0.25) is 15.9 Å². The summed E-state index contributed by atoms with van der Waals surface area (Å²) in [4.78, 5) is 12.3. The minimum atomic E-state index is -3.80. The van der Waals surface area contributed by atoms with Gasteiger partial charge in [0.1, 0.15) is 5.75 Å². The van der Waals surface area contributed by atoms with Gasteiger partial charge in [-0.2, -0.15) is 0 Å². The minimum Gasteiger partial charge on any atom is -0.508 e. The molecule has 0 heterocycles. The highest BCUT2D eigenvalue weighted by Gasteiger charge is 2.17. The Hall–Kier alpha value is -2.38. The van der Waals surface area contributed by atoms with Crippen molar-refractivity contribution >= 4 is 15.9 Å². The van der Waals surface area contributed by atoms with Crippen LogP contribution in [0.3, 0.4) is 0 Å². The van der Waals surface area contributed by atoms with Crippen LogP contribution in [-0.2, 0) is 21.2 Å². The van der Waals surface area contributed by atoms with Gasteiger partial charge in [0.25, 0.3) is 0 Å². The number of benzene rings is 2. The lowest BCUT2D eigenvalue weighted by atomic mass is 10.0. The van der Waals surface area contributed by atoms with Crippen molar-refractivity contribution in [3.8, 4) is 5.75 Å². The van der Waals surface area contributed by atoms with Crippen LogP contribution in [0.25, 0.3) is 0 Å². The third-order valence-corrected chi connectivity index (χ3v) is 4.83. The zero-order valence-electron chi connectivity index (χ0n) is 14.2. The maximum absolute atomic E-state index is 12.3. The molecular weight excluding hydrogens is 340 g/mol. The van der Waals surface area contributed by atoms with Gasteiger partial charge in [-0.1, -0.05) is 36.8 Å². The Morgan fingerprint density at radius 2 is 1.96 bits per heavy atom. The lowest BCUT2D eigenvalue weighted by molar-refractivity contribution is -0.121. The molecule has 0 bridgehead atoms. The van der Waals surface area contributed by atoms with Crippen molar-refractivity contribution in [2.45, 2.75) is 37.6 Å². The van der Waals surface area contributed by atoms with Gasteiger partial charge in [-0.15, -0.1) is 0 Å². The van der Waals surface area contributed by atoms with Gasteiger partial charge in [-0.05, 0) is 37.1 Å². The van der Waals surface area contributed by atoms with Crippen molar-refractivity contribution in [3.63, 3.8) is 0 Å². The molecule has 0 saturated carbocycles. The van der Waals surface area contributed by atoms with Gasteiger partial charge >= 0.3 is 0 Å². The molecule has 6 nitrogen and oxygen atoms in total. The number of sulfonamides is 1. The lowest BCUT2D eigenvalue weighted by Gasteiger charge is -2.18. The first kappa shape index (κ1) is 19.0. The zero-order valence-corrected chi connectivity index (χ0v) is 15.0. The number of rotatable bonds is 6. The third-order valence-electron chi connectivity index (χ3n) is 3.92. The van der Waals surface area contributed by atoms with E-state index in [1.54, 1.807) is 30.3 Å². The molecule has 134 valence electrons. The van der Waals surface area contributed by atoms with E-state index in [2.05, 4.69) is 5.32 Å². The second-order valence-electron chi connectivity index (χ2n) is 5.95. The van der Waals surface area contributed by atoms with Crippen LogP contribution in [0.5, 0.6) is 5.75 Å². The van der Waals surface area contributed by atoms with E-state index in [1.165, 1.54) is 12.1 Å². The van der Waals surface area contributed by atoms with E-state index in [1.807, 2.05) is 13.8 Å². The topological polar surface area (TPSA) is 109 Å². The van der Waals surface area contributed by atoms with Crippen LogP contribution in [0.1, 0.15) is 36.1 Å². The van der Waals surface area contributed by atoms with Crippen LogP contribution < -0.4 is 10.5 Å². The molecule has 2 rings (SSSR count). The Bertz CT molecular complexity index is 878. The summed E-state index contributed by atoms with van der Waals surface area (Å²) in [5, 5.41) is 17.9. The molecule has 0 aliphatic rings. The first-order valence-corrected chi connectivity index (χ1v) is 9.46. The molecule has 1 amide bonds. The average molecular weight is 362 g/mol. The van der Waals surface area contributed by atoms with Gasteiger partial charge in [-0.25, -0.2) is 13.6 Å². The van der Waals surface area contributed by atoms with Gasteiger partial charge in [0, 0.05) is 5.56 Å². The monoisotopic (exact) mass is 362 g/mol. The van der Waals surface area contributed by atoms with Crippen LogP contribution in [0.4, 0.5) is 0 Å². The SMILES string of the molecule is CCC(NC(=O)Cc1cc(C)ccc1O)c1cccc(S(N)(=O)=O)c1. The number of hydrogen-bond acceptors (Lipinski definition) is 4. The molecule has 1 atom stereocenters. The fourth-order valence-corrected chi connectivity index (χ4v) is 3.17. The molecule has 0 saturated heterocycles. The maximum Gasteiger partial charge on any atom is 0.238 e. The predicted octanol–water partition coefficient (Wildman–Crippen LogP) is 2.16. The molecule has 25 heavy (non-hydrogen) atoms. The molecule has 0 spiro atoms. The number of carbonyl (C=O) groups is 1. The summed E-state index contributed by atoms with van der Waals surface area (Å²) in [6.07, 6.45) is 0.624. The van der Waals surface area contributed by atoms with Crippen molar-refractivity contribution in [2.75, 3.05) is 0 Å². The van der Waals surface area contributed by atoms with Crippen molar-refractivity contribution in [1.82, 2.24) is 5.32 Å². The van der Waals surface area contributed by atoms with E-state index in [9.17, 15) is 18.3 Å². The number of phenolic OH excluding ortho intramolecular Hbond substituents is 1. The number of nitrogens with one attached hydrogen (secondary N) is 1. The predicted molar refractivity (Wildman–Crippen MR) is 95.5 cm³/mol. The van der Waals surface area contributed by atoms with Gasteiger partial charge in [0.05, 0.1) is 17.4 Å². The van der Waals surface area contributed by atoms with Crippen LogP contribution in [0, 0.1) is 6.92 Å². The number of phenols is 1. The Morgan fingerprint density at radius 1 is 1.24 bits per heavy atom. The molecule has 2 aromatic carbocycles. The summed E-state index contributed by atoms with van der Waals surface area (Å²) in [6.45, 7) is 3.77. The van der Waals surface area contributed by atoms with Gasteiger partial charge in [0.15, 0.2) is 0 Å². The molecule has 0 aliphatic carbocycles. The summed E-state index contributed by atoms with van der Waals surface area (Å²) in [5.74, 6) is -0.182. The summed E-state index contributed by atoms with van der Waals surface area (Å²) >= 11 is 0. The van der Waals surface area contributed by atoms with E-state index in [4.69, 9.17) is 5.14 Å². The third kappa shape index (κ3) is 5.04. The lowest BCUT2D eigenvalue weighted by Crippen LogP contribution is -2.29. The fraction of sp³-hybridized carbons (Fsp3) is 0.278. The molecule has 7 heteroatoms. The van der Waals surface area contributed by atoms with Crippen molar-refractivity contribution in [3.05, 3.63) is 59.2 Å². The zero-order chi connectivity index (χ0) is 18.6. The highest BCUT2D eigenvalue weighted by atomic mass is 32.2. The Morgan fingerprint density at radius 3 is 2.60 bits per heavy atom. The first-order valence-electron chi connectivity index (χ1n) is 7.91. The minimum absolute atomic E-state index is 0.00836. The Labute approximate surface area is 147 Å². The van der Waals surface area contributed by atoms with E-state index >= 15 is 0 Å². The molecule has 0 fully saturated rings. The summed E-state index contributed by atoms with van der Waals surface area (Å²) in [6, 6.07) is 11.0. The van der Waals surface area contributed by atoms with Crippen molar-refractivity contribution < 1.29 is 18.3 Å². The van der Waals surface area contributed by atoms with Crippen LogP contribution in [-0.4, -0.2) is 19.4 Å². The molecule has 1 unspecified atom stereocenters. The second-order valence-corrected chi connectivity index (χ2v) is 7.52. The number of primary sulfonamides is 1. The quantitative estimate of drug-likeness (QED) is 0.731. The Kier molecular flexibility index (Phi) is 5.81. The highest BCUT2D eigenvalue weighted by Crippen LogP contribution is 2.22. The molecule has 2 aromatic rings. The summed E-state index contributed by atoms with van der Waals surface area (Å²) in [5.41, 5.74) is 2.16. The first-order chi connectivity index (χ1) is 11.7. The smallest absolute Gasteiger partial charge is 0.238 e. The average Bonchev–Trinajstić information content (AvgIpc) is 2.55.